The van der Waals surface area contributed by atoms with Gasteiger partial charge in [-0.25, -0.2) is 9.69 Å². The number of urea groups is 1. The van der Waals surface area contributed by atoms with Crippen LogP contribution in [0.3, 0.4) is 0 Å². The van der Waals surface area contributed by atoms with Crippen LogP contribution in [0, 0.1) is 10.1 Å². The van der Waals surface area contributed by atoms with E-state index in [0.29, 0.717) is 16.3 Å². The molecule has 1 fully saturated rings. The number of carbonyl (C=O) groups excluding carboxylic acids is 2. The van der Waals surface area contributed by atoms with Crippen molar-refractivity contribution in [3.8, 4) is 11.3 Å². The van der Waals surface area contributed by atoms with Crippen molar-refractivity contribution in [2.24, 2.45) is 0 Å². The van der Waals surface area contributed by atoms with Crippen LogP contribution < -0.4 is 10.2 Å². The Morgan fingerprint density at radius 1 is 1.07 bits per heavy atom. The third-order valence-electron chi connectivity index (χ3n) is 4.22. The topological polar surface area (TPSA) is 106 Å². The second-order valence-electron chi connectivity index (χ2n) is 6.08. The Bertz CT molecular complexity index is 1180. The number of para-hydroxylation sites is 1. The second kappa shape index (κ2) is 7.25. The van der Waals surface area contributed by atoms with E-state index < -0.39 is 16.9 Å². The Hall–Kier alpha value is -3.91. The summed E-state index contributed by atoms with van der Waals surface area (Å²) in [7, 11) is 0. The molecule has 3 aromatic rings. The summed E-state index contributed by atoms with van der Waals surface area (Å²) in [5, 5.41) is 14.1. The molecule has 4 rings (SSSR count). The number of amides is 3. The molecule has 1 saturated heterocycles. The predicted octanol–water partition coefficient (Wildman–Crippen LogP) is 4.61. The number of hydrogen-bond acceptors (Lipinski definition) is 5. The van der Waals surface area contributed by atoms with Gasteiger partial charge < -0.3 is 9.73 Å². The first-order chi connectivity index (χ1) is 13.9. The van der Waals surface area contributed by atoms with E-state index in [1.54, 1.807) is 48.5 Å². The van der Waals surface area contributed by atoms with Crippen LogP contribution in [-0.4, -0.2) is 16.9 Å². The quantitative estimate of drug-likeness (QED) is 0.293. The van der Waals surface area contributed by atoms with Gasteiger partial charge in [-0.1, -0.05) is 29.8 Å². The Kier molecular flexibility index (Phi) is 4.61. The van der Waals surface area contributed by atoms with Gasteiger partial charge in [-0.3, -0.25) is 14.9 Å². The smallest absolute Gasteiger partial charge is 0.333 e. The maximum absolute atomic E-state index is 12.7. The van der Waals surface area contributed by atoms with Gasteiger partial charge in [0.1, 0.15) is 17.2 Å². The van der Waals surface area contributed by atoms with Gasteiger partial charge in [0.05, 0.1) is 16.2 Å². The number of benzene rings is 2. The molecule has 2 heterocycles. The number of nitro benzene ring substituents is 1. The average Bonchev–Trinajstić information content (AvgIpc) is 3.26. The summed E-state index contributed by atoms with van der Waals surface area (Å²) in [6.45, 7) is 0. The number of halogens is 1. The molecule has 144 valence electrons. The van der Waals surface area contributed by atoms with E-state index in [2.05, 4.69) is 5.32 Å². The molecule has 0 atom stereocenters. The highest BCUT2D eigenvalue weighted by Crippen LogP contribution is 2.32. The van der Waals surface area contributed by atoms with E-state index in [1.807, 2.05) is 0 Å². The molecule has 0 bridgehead atoms. The first kappa shape index (κ1) is 18.5. The summed E-state index contributed by atoms with van der Waals surface area (Å²) in [5.74, 6) is -0.0386. The average molecular weight is 410 g/mol. The van der Waals surface area contributed by atoms with E-state index in [1.165, 1.54) is 18.2 Å². The lowest BCUT2D eigenvalue weighted by molar-refractivity contribution is -0.384. The normalized spacial score (nSPS) is 15.1. The largest absolute Gasteiger partial charge is 0.456 e. The molecule has 0 unspecified atom stereocenters. The number of nitrogens with one attached hydrogen (secondary N) is 1. The van der Waals surface area contributed by atoms with Crippen LogP contribution in [0.1, 0.15) is 5.76 Å². The van der Waals surface area contributed by atoms with Gasteiger partial charge in [-0.05, 0) is 36.4 Å². The molecule has 1 aromatic heterocycles. The fraction of sp³-hybridized carbons (Fsp3) is 0. The van der Waals surface area contributed by atoms with Crippen LogP contribution in [0.15, 0.2) is 70.8 Å². The summed E-state index contributed by atoms with van der Waals surface area (Å²) < 4.78 is 5.64. The number of imide groups is 1. The SMILES string of the molecule is O=C1NC(=Cc2ccc(-c3ccccc3[N+](=O)[O-])o2)C(=O)N1c1cccc(Cl)c1. The van der Waals surface area contributed by atoms with Crippen molar-refractivity contribution < 1.29 is 18.9 Å². The highest BCUT2D eigenvalue weighted by atomic mass is 35.5. The Morgan fingerprint density at radius 2 is 1.86 bits per heavy atom. The summed E-state index contributed by atoms with van der Waals surface area (Å²) in [4.78, 5) is 36.6. The number of rotatable bonds is 4. The standard InChI is InChI=1S/C20H12ClN3O5/c21-12-4-3-5-13(10-12)23-19(25)16(22-20(23)26)11-14-8-9-18(29-14)15-6-1-2-7-17(15)24(27)28/h1-11H,(H,22,26). The third kappa shape index (κ3) is 3.48. The molecule has 0 radical (unpaired) electrons. The zero-order valence-electron chi connectivity index (χ0n) is 14.7. The van der Waals surface area contributed by atoms with E-state index in [0.717, 1.165) is 4.90 Å². The molecule has 3 amide bonds. The second-order valence-corrected chi connectivity index (χ2v) is 6.52. The number of nitro groups is 1. The van der Waals surface area contributed by atoms with Gasteiger partial charge in [0.25, 0.3) is 11.6 Å². The fourth-order valence-electron chi connectivity index (χ4n) is 2.94. The molecule has 0 saturated carbocycles. The van der Waals surface area contributed by atoms with E-state index in [9.17, 15) is 19.7 Å². The molecular formula is C20H12ClN3O5. The van der Waals surface area contributed by atoms with E-state index in [4.69, 9.17) is 16.0 Å². The number of carbonyl (C=O) groups is 2. The Morgan fingerprint density at radius 3 is 2.62 bits per heavy atom. The molecule has 1 aliphatic heterocycles. The zero-order chi connectivity index (χ0) is 20.5. The predicted molar refractivity (Wildman–Crippen MR) is 106 cm³/mol. The van der Waals surface area contributed by atoms with Crippen LogP contribution in [0.5, 0.6) is 0 Å². The van der Waals surface area contributed by atoms with Gasteiger partial charge in [-0.15, -0.1) is 0 Å². The van der Waals surface area contributed by atoms with Crippen LogP contribution in [0.2, 0.25) is 5.02 Å². The highest BCUT2D eigenvalue weighted by Gasteiger charge is 2.35. The monoisotopic (exact) mass is 409 g/mol. The minimum absolute atomic E-state index is 0.0124. The summed E-state index contributed by atoms with van der Waals surface area (Å²) in [6, 6.07) is 15.0. The van der Waals surface area contributed by atoms with Crippen molar-refractivity contribution in [2.45, 2.75) is 0 Å². The van der Waals surface area contributed by atoms with Crippen molar-refractivity contribution in [1.82, 2.24) is 5.32 Å². The Labute approximate surface area is 169 Å². The molecule has 0 spiro atoms. The lowest BCUT2D eigenvalue weighted by Crippen LogP contribution is -2.30. The lowest BCUT2D eigenvalue weighted by atomic mass is 10.1. The van der Waals surface area contributed by atoms with Gasteiger partial charge in [-0.2, -0.15) is 0 Å². The number of anilines is 1. The maximum Gasteiger partial charge on any atom is 0.333 e. The van der Waals surface area contributed by atoms with Crippen molar-refractivity contribution in [1.29, 1.82) is 0 Å². The highest BCUT2D eigenvalue weighted by molar-refractivity contribution is 6.32. The van der Waals surface area contributed by atoms with Gasteiger partial charge in [0.2, 0.25) is 0 Å². The first-order valence-corrected chi connectivity index (χ1v) is 8.78. The molecule has 29 heavy (non-hydrogen) atoms. The number of furan rings is 1. The van der Waals surface area contributed by atoms with Crippen molar-refractivity contribution >= 4 is 41.0 Å². The van der Waals surface area contributed by atoms with Gasteiger partial charge >= 0.3 is 6.03 Å². The molecule has 0 aliphatic carbocycles. The molecule has 8 nitrogen and oxygen atoms in total. The Balaban J connectivity index is 1.64. The van der Waals surface area contributed by atoms with Crippen molar-refractivity contribution in [2.75, 3.05) is 4.90 Å². The fourth-order valence-corrected chi connectivity index (χ4v) is 3.13. The van der Waals surface area contributed by atoms with E-state index in [-0.39, 0.29) is 22.9 Å². The van der Waals surface area contributed by atoms with Gasteiger partial charge in [0.15, 0.2) is 0 Å². The third-order valence-corrected chi connectivity index (χ3v) is 4.46. The molecule has 1 aliphatic rings. The molecular weight excluding hydrogens is 398 g/mol. The van der Waals surface area contributed by atoms with Crippen LogP contribution >= 0.6 is 11.6 Å². The maximum atomic E-state index is 12.7. The van der Waals surface area contributed by atoms with E-state index >= 15 is 0 Å². The zero-order valence-corrected chi connectivity index (χ0v) is 15.4. The number of nitrogens with zero attached hydrogens (tertiary/aromatic N) is 2. The lowest BCUT2D eigenvalue weighted by Gasteiger charge is -2.11. The number of hydrogen-bond donors (Lipinski definition) is 1. The minimum Gasteiger partial charge on any atom is -0.456 e. The van der Waals surface area contributed by atoms with Gasteiger partial charge in [0, 0.05) is 17.2 Å². The summed E-state index contributed by atoms with van der Waals surface area (Å²) in [6.07, 6.45) is 1.36. The summed E-state index contributed by atoms with van der Waals surface area (Å²) >= 11 is 5.93. The van der Waals surface area contributed by atoms with Crippen molar-refractivity contribution in [3.05, 3.63) is 87.3 Å². The van der Waals surface area contributed by atoms with Crippen LogP contribution in [-0.2, 0) is 4.79 Å². The molecule has 9 heteroatoms. The van der Waals surface area contributed by atoms with Crippen LogP contribution in [0.4, 0.5) is 16.2 Å². The molecule has 1 N–H and O–H groups in total. The summed E-state index contributed by atoms with van der Waals surface area (Å²) in [5.41, 5.74) is 0.560. The first-order valence-electron chi connectivity index (χ1n) is 8.40. The van der Waals surface area contributed by atoms with Crippen molar-refractivity contribution in [3.63, 3.8) is 0 Å². The van der Waals surface area contributed by atoms with Crippen LogP contribution in [0.25, 0.3) is 17.4 Å². The minimum atomic E-state index is -0.617. The molecule has 2 aromatic carbocycles.